The van der Waals surface area contributed by atoms with Crippen LogP contribution in [0.25, 0.3) is 10.9 Å². The van der Waals surface area contributed by atoms with Crippen molar-refractivity contribution in [1.29, 1.82) is 0 Å². The monoisotopic (exact) mass is 412 g/mol. The number of carbonyl (C=O) groups excluding carboxylic acids is 2. The van der Waals surface area contributed by atoms with E-state index in [1.807, 2.05) is 39.0 Å². The van der Waals surface area contributed by atoms with Gasteiger partial charge in [-0.1, -0.05) is 18.2 Å². The zero-order chi connectivity index (χ0) is 21.7. The molecular formula is C23H32N4O3. The Kier molecular flexibility index (Phi) is 6.80. The van der Waals surface area contributed by atoms with Crippen LogP contribution in [0.1, 0.15) is 39.2 Å². The number of rotatable bonds is 5. The molecule has 162 valence electrons. The van der Waals surface area contributed by atoms with Gasteiger partial charge in [-0.15, -0.1) is 0 Å². The number of amides is 2. The summed E-state index contributed by atoms with van der Waals surface area (Å²) in [5.41, 5.74) is 1.64. The molecule has 2 aromatic rings. The highest BCUT2D eigenvalue weighted by molar-refractivity contribution is 5.84. The predicted molar refractivity (Wildman–Crippen MR) is 119 cm³/mol. The van der Waals surface area contributed by atoms with E-state index < -0.39 is 11.7 Å². The second kappa shape index (κ2) is 9.32. The fourth-order valence-electron chi connectivity index (χ4n) is 3.70. The molecule has 2 amide bonds. The van der Waals surface area contributed by atoms with Gasteiger partial charge in [-0.25, -0.2) is 9.78 Å². The fourth-order valence-corrected chi connectivity index (χ4v) is 3.70. The second-order valence-electron chi connectivity index (χ2n) is 8.82. The van der Waals surface area contributed by atoms with Crippen molar-refractivity contribution in [3.05, 3.63) is 35.9 Å². The summed E-state index contributed by atoms with van der Waals surface area (Å²) in [6, 6.07) is 10.2. The van der Waals surface area contributed by atoms with Gasteiger partial charge in [0.25, 0.3) is 0 Å². The van der Waals surface area contributed by atoms with E-state index in [0.29, 0.717) is 19.6 Å². The number of ether oxygens (including phenoxy) is 1. The molecule has 0 saturated carbocycles. The van der Waals surface area contributed by atoms with Gasteiger partial charge in [0.1, 0.15) is 11.4 Å². The number of carbonyl (C=O) groups is 2. The van der Waals surface area contributed by atoms with Crippen LogP contribution in [-0.2, 0) is 9.53 Å². The van der Waals surface area contributed by atoms with Crippen molar-refractivity contribution >= 4 is 28.7 Å². The number of piperidine rings is 1. The third-order valence-electron chi connectivity index (χ3n) is 5.12. The first kappa shape index (κ1) is 21.9. The van der Waals surface area contributed by atoms with E-state index in [-0.39, 0.29) is 11.8 Å². The molecule has 30 heavy (non-hydrogen) atoms. The Morgan fingerprint density at radius 1 is 1.20 bits per heavy atom. The van der Waals surface area contributed by atoms with Crippen molar-refractivity contribution in [2.24, 2.45) is 5.92 Å². The third-order valence-corrected chi connectivity index (χ3v) is 5.12. The number of anilines is 1. The number of nitrogens with one attached hydrogen (secondary N) is 2. The molecule has 1 aliphatic rings. The molecule has 0 radical (unpaired) electrons. The lowest BCUT2D eigenvalue weighted by Crippen LogP contribution is -2.45. The largest absolute Gasteiger partial charge is 0.444 e. The molecule has 2 N–H and O–H groups in total. The minimum atomic E-state index is -0.534. The van der Waals surface area contributed by atoms with Crippen molar-refractivity contribution in [2.45, 2.75) is 46.1 Å². The Balaban J connectivity index is 1.52. The van der Waals surface area contributed by atoms with Gasteiger partial charge in [0.2, 0.25) is 5.91 Å². The van der Waals surface area contributed by atoms with Crippen molar-refractivity contribution < 1.29 is 14.3 Å². The Hall–Kier alpha value is -2.83. The van der Waals surface area contributed by atoms with Crippen LogP contribution in [0.2, 0.25) is 0 Å². The first-order valence-electron chi connectivity index (χ1n) is 10.6. The normalized spacial score (nSPS) is 16.9. The minimum Gasteiger partial charge on any atom is -0.444 e. The maximum Gasteiger partial charge on any atom is 0.407 e. The highest BCUT2D eigenvalue weighted by Gasteiger charge is 2.26. The molecule has 1 unspecified atom stereocenters. The molecular weight excluding hydrogens is 380 g/mol. The lowest BCUT2D eigenvalue weighted by Gasteiger charge is -2.33. The number of benzene rings is 1. The number of hydrogen-bond acceptors (Lipinski definition) is 5. The second-order valence-corrected chi connectivity index (χ2v) is 8.82. The van der Waals surface area contributed by atoms with Gasteiger partial charge >= 0.3 is 6.09 Å². The van der Waals surface area contributed by atoms with Gasteiger partial charge in [-0.3, -0.25) is 4.79 Å². The first-order valence-corrected chi connectivity index (χ1v) is 10.6. The highest BCUT2D eigenvalue weighted by Crippen LogP contribution is 2.26. The van der Waals surface area contributed by atoms with Crippen molar-refractivity contribution in [3.63, 3.8) is 0 Å². The van der Waals surface area contributed by atoms with Gasteiger partial charge < -0.3 is 20.3 Å². The number of aromatic nitrogens is 1. The van der Waals surface area contributed by atoms with E-state index in [9.17, 15) is 9.59 Å². The topological polar surface area (TPSA) is 83.6 Å². The Morgan fingerprint density at radius 2 is 1.93 bits per heavy atom. The Bertz CT molecular complexity index is 907. The zero-order valence-electron chi connectivity index (χ0n) is 18.3. The number of pyridine rings is 1. The average Bonchev–Trinajstić information content (AvgIpc) is 2.70. The Labute approximate surface area is 178 Å². The van der Waals surface area contributed by atoms with Crippen LogP contribution >= 0.6 is 0 Å². The summed E-state index contributed by atoms with van der Waals surface area (Å²) < 4.78 is 5.19. The molecule has 2 heterocycles. The molecule has 1 atom stereocenters. The maximum absolute atomic E-state index is 12.6. The molecule has 1 aromatic carbocycles. The van der Waals surface area contributed by atoms with Gasteiger partial charge in [0.05, 0.1) is 11.4 Å². The quantitative estimate of drug-likeness (QED) is 0.736. The fraction of sp³-hybridized carbons (Fsp3) is 0.522. The van der Waals surface area contributed by atoms with E-state index in [2.05, 4.69) is 34.6 Å². The summed E-state index contributed by atoms with van der Waals surface area (Å²) in [7, 11) is 0. The van der Waals surface area contributed by atoms with Gasteiger partial charge in [-0.2, -0.15) is 0 Å². The Morgan fingerprint density at radius 3 is 2.70 bits per heavy atom. The van der Waals surface area contributed by atoms with Crippen LogP contribution in [0.4, 0.5) is 10.6 Å². The van der Waals surface area contributed by atoms with E-state index in [1.165, 1.54) is 5.56 Å². The lowest BCUT2D eigenvalue weighted by molar-refractivity contribution is -0.125. The van der Waals surface area contributed by atoms with Crippen molar-refractivity contribution in [2.75, 3.05) is 31.1 Å². The summed E-state index contributed by atoms with van der Waals surface area (Å²) in [5, 5.41) is 6.74. The smallest absolute Gasteiger partial charge is 0.407 e. The summed E-state index contributed by atoms with van der Waals surface area (Å²) in [4.78, 5) is 31.3. The molecule has 3 rings (SSSR count). The van der Waals surface area contributed by atoms with Gasteiger partial charge in [0, 0.05) is 31.6 Å². The van der Waals surface area contributed by atoms with Crippen LogP contribution in [0.5, 0.6) is 0 Å². The molecule has 7 heteroatoms. The summed E-state index contributed by atoms with van der Waals surface area (Å²) in [5.74, 6) is 0.854. The number of nitrogens with zero attached hydrogens (tertiary/aromatic N) is 2. The number of alkyl carbamates (subject to hydrolysis) is 1. The van der Waals surface area contributed by atoms with Crippen molar-refractivity contribution in [3.8, 4) is 0 Å². The number of hydrogen-bond donors (Lipinski definition) is 2. The standard InChI is InChI=1S/C23H32N4O3/c1-16-14-20(26-19-10-6-5-9-18(16)19)27-13-7-8-17(15-27)21(28)24-11-12-25-22(29)30-23(2,3)4/h5-6,9-10,14,17H,7-8,11-13,15H2,1-4H3,(H,24,28)(H,25,29). The maximum atomic E-state index is 12.6. The van der Waals surface area contributed by atoms with E-state index in [0.717, 1.165) is 36.1 Å². The number of fused-ring (bicyclic) bond motifs is 1. The summed E-state index contributed by atoms with van der Waals surface area (Å²) in [6.07, 6.45) is 1.33. The predicted octanol–water partition coefficient (Wildman–Crippen LogP) is 3.40. The molecule has 1 saturated heterocycles. The van der Waals surface area contributed by atoms with E-state index in [4.69, 9.17) is 9.72 Å². The SMILES string of the molecule is Cc1cc(N2CCCC(C(=O)NCCNC(=O)OC(C)(C)C)C2)nc2ccccc12. The van der Waals surface area contributed by atoms with E-state index in [1.54, 1.807) is 0 Å². The molecule has 1 aromatic heterocycles. The molecule has 0 bridgehead atoms. The molecule has 7 nitrogen and oxygen atoms in total. The van der Waals surface area contributed by atoms with Crippen LogP contribution in [0, 0.1) is 12.8 Å². The molecule has 0 spiro atoms. The minimum absolute atomic E-state index is 0.0169. The van der Waals surface area contributed by atoms with Crippen LogP contribution < -0.4 is 15.5 Å². The van der Waals surface area contributed by atoms with E-state index >= 15 is 0 Å². The summed E-state index contributed by atoms with van der Waals surface area (Å²) in [6.45, 7) is 9.80. The molecule has 1 aliphatic heterocycles. The van der Waals surface area contributed by atoms with Gasteiger partial charge in [-0.05, 0) is 58.2 Å². The molecule has 0 aliphatic carbocycles. The number of aryl methyl sites for hydroxylation is 1. The van der Waals surface area contributed by atoms with Crippen molar-refractivity contribution in [1.82, 2.24) is 15.6 Å². The first-order chi connectivity index (χ1) is 14.2. The van der Waals surface area contributed by atoms with Crippen LogP contribution in [0.15, 0.2) is 30.3 Å². The molecule has 1 fully saturated rings. The number of para-hydroxylation sites is 1. The lowest BCUT2D eigenvalue weighted by atomic mass is 9.97. The van der Waals surface area contributed by atoms with Gasteiger partial charge in [0.15, 0.2) is 0 Å². The average molecular weight is 413 g/mol. The van der Waals surface area contributed by atoms with Crippen LogP contribution in [0.3, 0.4) is 0 Å². The van der Waals surface area contributed by atoms with Crippen LogP contribution in [-0.4, -0.2) is 48.8 Å². The summed E-state index contributed by atoms with van der Waals surface area (Å²) >= 11 is 0. The highest BCUT2D eigenvalue weighted by atomic mass is 16.6. The zero-order valence-corrected chi connectivity index (χ0v) is 18.3. The third kappa shape index (κ3) is 5.84.